The first-order chi connectivity index (χ1) is 12.6. The molecular weight excluding hydrogens is 486 g/mol. The molecule has 2 aliphatic heterocycles. The van der Waals surface area contributed by atoms with Gasteiger partial charge in [-0.25, -0.2) is 9.18 Å². The lowest BCUT2D eigenvalue weighted by molar-refractivity contribution is -0.197. The van der Waals surface area contributed by atoms with Crippen molar-refractivity contribution in [2.45, 2.75) is 49.2 Å². The van der Waals surface area contributed by atoms with Crippen molar-refractivity contribution < 1.29 is 39.0 Å². The number of nitrogens with zero attached hydrogens (tertiary/aromatic N) is 1. The third kappa shape index (κ3) is 3.95. The zero-order chi connectivity index (χ0) is 19.9. The van der Waals surface area contributed by atoms with E-state index in [1.165, 1.54) is 0 Å². The average Bonchev–Trinajstić information content (AvgIpc) is 3.07. The number of halogens is 2. The van der Waals surface area contributed by atoms with E-state index in [-0.39, 0.29) is 9.99 Å². The Labute approximate surface area is 164 Å². The van der Waals surface area contributed by atoms with Crippen LogP contribution < -0.4 is 11.2 Å². The van der Waals surface area contributed by atoms with Gasteiger partial charge in [0.1, 0.15) is 18.3 Å². The Kier molecular flexibility index (Phi) is 6.02. The maximum atomic E-state index is 14.7. The zero-order valence-corrected chi connectivity index (χ0v) is 15.9. The van der Waals surface area contributed by atoms with Crippen molar-refractivity contribution in [3.63, 3.8) is 0 Å². The van der Waals surface area contributed by atoms with E-state index in [1.54, 1.807) is 22.6 Å². The highest BCUT2D eigenvalue weighted by Crippen LogP contribution is 2.39. The van der Waals surface area contributed by atoms with Gasteiger partial charge in [0, 0.05) is 12.6 Å². The fraction of sp³-hybridized carbons (Fsp3) is 0.714. The fourth-order valence-electron chi connectivity index (χ4n) is 2.93. The van der Waals surface area contributed by atoms with Gasteiger partial charge in [0.05, 0.1) is 22.9 Å². The molecule has 0 aromatic carbocycles. The van der Waals surface area contributed by atoms with E-state index in [1.807, 2.05) is 4.98 Å². The van der Waals surface area contributed by atoms with E-state index in [0.717, 1.165) is 6.20 Å². The molecule has 0 radical (unpaired) electrons. The highest BCUT2D eigenvalue weighted by atomic mass is 127. The predicted octanol–water partition coefficient (Wildman–Crippen LogP) is -2.46. The number of hydrogen-bond donors (Lipinski definition) is 5. The lowest BCUT2D eigenvalue weighted by Crippen LogP contribution is -2.46. The summed E-state index contributed by atoms with van der Waals surface area (Å²) in [5.74, 6) is -3.33. The Morgan fingerprint density at radius 1 is 1.37 bits per heavy atom. The lowest BCUT2D eigenvalue weighted by Gasteiger charge is -2.23. The van der Waals surface area contributed by atoms with Crippen molar-refractivity contribution >= 4 is 22.6 Å². The summed E-state index contributed by atoms with van der Waals surface area (Å²) in [6.45, 7) is -0.835. The van der Waals surface area contributed by atoms with Crippen molar-refractivity contribution in [1.82, 2.24) is 9.55 Å². The Bertz CT molecular complexity index is 800. The highest BCUT2D eigenvalue weighted by Gasteiger charge is 2.58. The van der Waals surface area contributed by atoms with Crippen LogP contribution in [0.3, 0.4) is 0 Å². The third-order valence-corrected chi connectivity index (χ3v) is 5.18. The molecule has 0 saturated carbocycles. The van der Waals surface area contributed by atoms with Gasteiger partial charge in [-0.1, -0.05) is 0 Å². The number of aromatic nitrogens is 2. The molecule has 13 heteroatoms. The minimum atomic E-state index is -3.33. The number of aromatic amines is 1. The van der Waals surface area contributed by atoms with Gasteiger partial charge in [0.25, 0.3) is 11.4 Å². The number of hydrogen-bond acceptors (Lipinski definition) is 9. The first kappa shape index (κ1) is 20.8. The summed E-state index contributed by atoms with van der Waals surface area (Å²) in [6.07, 6.45) is -6.98. The van der Waals surface area contributed by atoms with E-state index < -0.39 is 67.3 Å². The molecule has 1 aromatic rings. The Hall–Kier alpha value is -0.940. The van der Waals surface area contributed by atoms with E-state index in [2.05, 4.69) is 0 Å². The topological polar surface area (TPSA) is 163 Å². The molecule has 0 spiro atoms. The number of ether oxygens (including phenoxy) is 3. The van der Waals surface area contributed by atoms with Gasteiger partial charge in [-0.2, -0.15) is 0 Å². The molecule has 2 aliphatic rings. The minimum absolute atomic E-state index is 0.0455. The standard InChI is InChI=1S/C14H18FIN2O9/c15-14(24)10(21)8(4-25-9-1-6(20)7(3-19)26-9)27-12(14)18-2-5(16)11(22)17-13(18)23/h2,6-10,12,19-21,24H,1,3-4H2,(H,17,22,23)/t6-,7+,8+,9?,10+,12-,14+/m0/s1. The van der Waals surface area contributed by atoms with Gasteiger partial charge < -0.3 is 34.6 Å². The van der Waals surface area contributed by atoms with Crippen LogP contribution in [0.15, 0.2) is 15.8 Å². The van der Waals surface area contributed by atoms with Gasteiger partial charge >= 0.3 is 5.69 Å². The van der Waals surface area contributed by atoms with Crippen LogP contribution in [0.4, 0.5) is 4.39 Å². The summed E-state index contributed by atoms with van der Waals surface area (Å²) >= 11 is 1.61. The molecule has 0 amide bonds. The monoisotopic (exact) mass is 504 g/mol. The lowest BCUT2D eigenvalue weighted by atomic mass is 10.1. The van der Waals surface area contributed by atoms with E-state index in [4.69, 9.17) is 19.3 Å². The van der Waals surface area contributed by atoms with Crippen LogP contribution >= 0.6 is 22.6 Å². The van der Waals surface area contributed by atoms with Crippen molar-refractivity contribution in [3.8, 4) is 0 Å². The first-order valence-electron chi connectivity index (χ1n) is 7.97. The van der Waals surface area contributed by atoms with Crippen molar-refractivity contribution in [3.05, 3.63) is 30.6 Å². The van der Waals surface area contributed by atoms with Crippen molar-refractivity contribution in [2.24, 2.45) is 0 Å². The SMILES string of the molecule is O=c1[nH]c(=O)n([C@H]2O[C@H](COC3C[C@H](O)[C@@H](CO)O3)[C@@H](O)[C@]2(O)F)cc1I. The normalized spacial score (nSPS) is 39.2. The average molecular weight is 504 g/mol. The molecule has 1 aromatic heterocycles. The summed E-state index contributed by atoms with van der Waals surface area (Å²) in [4.78, 5) is 25.3. The molecule has 11 nitrogen and oxygen atoms in total. The van der Waals surface area contributed by atoms with Gasteiger partial charge in [-0.05, 0) is 22.6 Å². The maximum absolute atomic E-state index is 14.7. The van der Waals surface area contributed by atoms with Gasteiger partial charge in [0.15, 0.2) is 12.5 Å². The summed E-state index contributed by atoms with van der Waals surface area (Å²) in [7, 11) is 0. The van der Waals surface area contributed by atoms with Gasteiger partial charge in [-0.15, -0.1) is 0 Å². The molecule has 7 atom stereocenters. The van der Waals surface area contributed by atoms with Crippen LogP contribution in [0.5, 0.6) is 0 Å². The first-order valence-corrected chi connectivity index (χ1v) is 9.04. The van der Waals surface area contributed by atoms with Crippen LogP contribution in [0.25, 0.3) is 0 Å². The van der Waals surface area contributed by atoms with E-state index in [9.17, 15) is 29.3 Å². The smallest absolute Gasteiger partial charge is 0.330 e. The molecule has 1 unspecified atom stereocenters. The second-order valence-electron chi connectivity index (χ2n) is 6.27. The maximum Gasteiger partial charge on any atom is 0.330 e. The molecule has 3 rings (SSSR count). The predicted molar refractivity (Wildman–Crippen MR) is 92.3 cm³/mol. The Morgan fingerprint density at radius 3 is 2.70 bits per heavy atom. The molecule has 2 saturated heterocycles. The molecule has 3 heterocycles. The summed E-state index contributed by atoms with van der Waals surface area (Å²) in [5, 5.41) is 38.7. The van der Waals surface area contributed by atoms with Crippen LogP contribution in [0.2, 0.25) is 0 Å². The Morgan fingerprint density at radius 2 is 2.07 bits per heavy atom. The number of aliphatic hydroxyl groups is 4. The molecule has 27 heavy (non-hydrogen) atoms. The number of alkyl halides is 1. The Balaban J connectivity index is 1.72. The largest absolute Gasteiger partial charge is 0.394 e. The molecule has 152 valence electrons. The second-order valence-corrected chi connectivity index (χ2v) is 7.43. The molecule has 5 N–H and O–H groups in total. The zero-order valence-electron chi connectivity index (χ0n) is 13.7. The third-order valence-electron chi connectivity index (χ3n) is 4.41. The number of H-pyrrole nitrogens is 1. The van der Waals surface area contributed by atoms with Crippen LogP contribution in [0, 0.1) is 3.57 Å². The minimum Gasteiger partial charge on any atom is -0.394 e. The summed E-state index contributed by atoms with van der Waals surface area (Å²) < 4.78 is 31.1. The highest BCUT2D eigenvalue weighted by molar-refractivity contribution is 14.1. The quantitative estimate of drug-likeness (QED) is 0.274. The summed E-state index contributed by atoms with van der Waals surface area (Å²) in [5.41, 5.74) is -1.71. The van der Waals surface area contributed by atoms with E-state index >= 15 is 0 Å². The molecule has 2 fully saturated rings. The second kappa shape index (κ2) is 7.82. The molecule has 0 bridgehead atoms. The van der Waals surface area contributed by atoms with Crippen LogP contribution in [-0.2, 0) is 14.2 Å². The van der Waals surface area contributed by atoms with Gasteiger partial charge in [-0.3, -0.25) is 14.3 Å². The fourth-order valence-corrected chi connectivity index (χ4v) is 3.37. The number of nitrogens with one attached hydrogen (secondary N) is 1. The number of aliphatic hydroxyl groups excluding tert-OH is 3. The molecular formula is C14H18FIN2O9. The number of rotatable bonds is 5. The van der Waals surface area contributed by atoms with E-state index in [0.29, 0.717) is 4.57 Å². The van der Waals surface area contributed by atoms with Crippen LogP contribution in [0.1, 0.15) is 12.6 Å². The summed E-state index contributed by atoms with van der Waals surface area (Å²) in [6, 6.07) is 0. The van der Waals surface area contributed by atoms with Crippen LogP contribution in [-0.4, -0.2) is 79.8 Å². The van der Waals surface area contributed by atoms with Gasteiger partial charge in [0.2, 0.25) is 0 Å². The van der Waals surface area contributed by atoms with Crippen molar-refractivity contribution in [1.29, 1.82) is 0 Å². The molecule has 0 aliphatic carbocycles. The van der Waals surface area contributed by atoms with Crippen molar-refractivity contribution in [2.75, 3.05) is 13.2 Å².